The molecule has 0 radical (unpaired) electrons. The number of amides is 1. The molecule has 0 spiro atoms. The third-order valence-electron chi connectivity index (χ3n) is 3.88. The van der Waals surface area contributed by atoms with Gasteiger partial charge in [-0.25, -0.2) is 0 Å². The second kappa shape index (κ2) is 10.6. The monoisotopic (exact) mass is 392 g/mol. The average molecular weight is 393 g/mol. The molecule has 1 aromatic carbocycles. The van der Waals surface area contributed by atoms with Crippen LogP contribution >= 0.6 is 23.5 Å². The Bertz CT molecular complexity index is 715. The van der Waals surface area contributed by atoms with Crippen molar-refractivity contribution >= 4 is 29.4 Å². The summed E-state index contributed by atoms with van der Waals surface area (Å²) in [6.07, 6.45) is 3.72. The minimum absolute atomic E-state index is 0.0757. The Morgan fingerprint density at radius 1 is 1.27 bits per heavy atom. The van der Waals surface area contributed by atoms with Gasteiger partial charge in [-0.3, -0.25) is 4.79 Å². The highest BCUT2D eigenvalue weighted by molar-refractivity contribution is 8.00. The van der Waals surface area contributed by atoms with E-state index >= 15 is 0 Å². The Labute approximate surface area is 164 Å². The van der Waals surface area contributed by atoms with E-state index in [1.165, 1.54) is 5.56 Å². The van der Waals surface area contributed by atoms with Crippen LogP contribution in [0.3, 0.4) is 0 Å². The summed E-state index contributed by atoms with van der Waals surface area (Å²) >= 11 is 3.21. The molecule has 142 valence electrons. The summed E-state index contributed by atoms with van der Waals surface area (Å²) in [5, 5.41) is 12.5. The van der Waals surface area contributed by atoms with Crippen molar-refractivity contribution in [2.75, 3.05) is 18.6 Å². The fourth-order valence-electron chi connectivity index (χ4n) is 2.59. The minimum Gasteiger partial charge on any atom is -0.355 e. The van der Waals surface area contributed by atoms with Crippen LogP contribution in [0, 0.1) is 12.8 Å². The van der Waals surface area contributed by atoms with Crippen LogP contribution in [-0.4, -0.2) is 39.2 Å². The summed E-state index contributed by atoms with van der Waals surface area (Å²) < 4.78 is 2.20. The summed E-state index contributed by atoms with van der Waals surface area (Å²) in [6.45, 7) is 8.05. The summed E-state index contributed by atoms with van der Waals surface area (Å²) in [5.74, 6) is 2.08. The predicted molar refractivity (Wildman–Crippen MR) is 110 cm³/mol. The number of rotatable bonds is 10. The first-order valence-electron chi connectivity index (χ1n) is 8.92. The molecule has 1 amide bonds. The molecule has 0 saturated carbocycles. The second-order valence-electron chi connectivity index (χ2n) is 6.62. The van der Waals surface area contributed by atoms with E-state index in [1.54, 1.807) is 23.5 Å². The van der Waals surface area contributed by atoms with Crippen LogP contribution in [0.5, 0.6) is 0 Å². The Morgan fingerprint density at radius 3 is 2.73 bits per heavy atom. The summed E-state index contributed by atoms with van der Waals surface area (Å²) in [4.78, 5) is 13.2. The van der Waals surface area contributed by atoms with E-state index in [1.807, 2.05) is 18.4 Å². The van der Waals surface area contributed by atoms with Crippen molar-refractivity contribution in [1.82, 2.24) is 20.1 Å². The fourth-order valence-corrected chi connectivity index (χ4v) is 3.97. The lowest BCUT2D eigenvalue weighted by Crippen LogP contribution is -2.26. The van der Waals surface area contributed by atoms with E-state index in [-0.39, 0.29) is 5.91 Å². The van der Waals surface area contributed by atoms with Crippen LogP contribution in [0.25, 0.3) is 0 Å². The molecule has 0 bridgehead atoms. The maximum atomic E-state index is 12.0. The Balaban J connectivity index is 1.74. The fraction of sp³-hybridized carbons (Fsp3) is 0.526. The molecule has 0 atom stereocenters. The first-order valence-corrected chi connectivity index (χ1v) is 11.1. The van der Waals surface area contributed by atoms with E-state index < -0.39 is 0 Å². The maximum absolute atomic E-state index is 12.0. The van der Waals surface area contributed by atoms with Gasteiger partial charge in [0.25, 0.3) is 0 Å². The van der Waals surface area contributed by atoms with Gasteiger partial charge < -0.3 is 9.88 Å². The van der Waals surface area contributed by atoms with Gasteiger partial charge in [0.2, 0.25) is 5.91 Å². The van der Waals surface area contributed by atoms with E-state index in [2.05, 4.69) is 53.0 Å². The quantitative estimate of drug-likeness (QED) is 0.492. The molecule has 1 N–H and O–H groups in total. The molecule has 2 aromatic rings. The third kappa shape index (κ3) is 6.36. The van der Waals surface area contributed by atoms with E-state index in [9.17, 15) is 4.79 Å². The number of nitrogens with one attached hydrogen (secondary N) is 1. The van der Waals surface area contributed by atoms with Crippen LogP contribution < -0.4 is 5.32 Å². The Morgan fingerprint density at radius 2 is 2.04 bits per heavy atom. The van der Waals surface area contributed by atoms with Gasteiger partial charge in [-0.2, -0.15) is 0 Å². The third-order valence-corrected chi connectivity index (χ3v) is 5.72. The minimum atomic E-state index is 0.0757. The zero-order chi connectivity index (χ0) is 18.9. The van der Waals surface area contributed by atoms with E-state index in [0.29, 0.717) is 18.2 Å². The normalized spacial score (nSPS) is 11.1. The zero-order valence-corrected chi connectivity index (χ0v) is 17.6. The number of hydrogen-bond acceptors (Lipinski definition) is 5. The van der Waals surface area contributed by atoms with Gasteiger partial charge in [0.05, 0.1) is 5.75 Å². The van der Waals surface area contributed by atoms with Crippen LogP contribution in [0.2, 0.25) is 0 Å². The molecule has 0 aliphatic rings. The number of nitrogens with zero attached hydrogens (tertiary/aromatic N) is 3. The summed E-state index contributed by atoms with van der Waals surface area (Å²) in [7, 11) is 0. The standard InChI is InChI=1S/C19H28N4OS2/c1-14(2)12-23-17(21-22-19(23)25-4)10-7-11-20-18(24)13-26-16-9-6-5-8-15(16)3/h5-6,8-9,14H,7,10-13H2,1-4H3,(H,20,24). The molecule has 1 aromatic heterocycles. The average Bonchev–Trinajstić information content (AvgIpc) is 2.99. The van der Waals surface area contributed by atoms with Crippen LogP contribution in [0.4, 0.5) is 0 Å². The molecule has 5 nitrogen and oxygen atoms in total. The molecule has 2 rings (SSSR count). The van der Waals surface area contributed by atoms with Gasteiger partial charge in [0.15, 0.2) is 5.16 Å². The molecule has 0 aliphatic heterocycles. The number of carbonyl (C=O) groups excluding carboxylic acids is 1. The van der Waals surface area contributed by atoms with Crippen molar-refractivity contribution in [3.05, 3.63) is 35.7 Å². The highest BCUT2D eigenvalue weighted by atomic mass is 32.2. The van der Waals surface area contributed by atoms with Crippen molar-refractivity contribution in [1.29, 1.82) is 0 Å². The number of thioether (sulfide) groups is 2. The molecule has 0 saturated heterocycles. The number of hydrogen-bond donors (Lipinski definition) is 1. The molecule has 1 heterocycles. The van der Waals surface area contributed by atoms with Crippen LogP contribution in [0.15, 0.2) is 34.3 Å². The van der Waals surface area contributed by atoms with E-state index in [0.717, 1.165) is 35.3 Å². The largest absolute Gasteiger partial charge is 0.355 e. The smallest absolute Gasteiger partial charge is 0.230 e. The molecule has 26 heavy (non-hydrogen) atoms. The number of aryl methyl sites for hydroxylation is 2. The first-order chi connectivity index (χ1) is 12.5. The second-order valence-corrected chi connectivity index (χ2v) is 8.41. The van der Waals surface area contributed by atoms with Gasteiger partial charge in [0.1, 0.15) is 5.82 Å². The molecule has 0 aliphatic carbocycles. The van der Waals surface area contributed by atoms with E-state index in [4.69, 9.17) is 0 Å². The van der Waals surface area contributed by atoms with Crippen molar-refractivity contribution in [2.45, 2.75) is 50.2 Å². The number of carbonyl (C=O) groups is 1. The SMILES string of the molecule is CSc1nnc(CCCNC(=O)CSc2ccccc2C)n1CC(C)C. The zero-order valence-electron chi connectivity index (χ0n) is 16.0. The molecular formula is C19H28N4OS2. The Kier molecular flexibility index (Phi) is 8.51. The highest BCUT2D eigenvalue weighted by Gasteiger charge is 2.12. The van der Waals surface area contributed by atoms with Crippen molar-refractivity contribution < 1.29 is 4.79 Å². The molecule has 0 unspecified atom stereocenters. The van der Waals surface area contributed by atoms with Crippen molar-refractivity contribution in [3.63, 3.8) is 0 Å². The lowest BCUT2D eigenvalue weighted by Gasteiger charge is -2.11. The molecular weight excluding hydrogens is 364 g/mol. The van der Waals surface area contributed by atoms with Gasteiger partial charge in [-0.15, -0.1) is 22.0 Å². The van der Waals surface area contributed by atoms with Gasteiger partial charge >= 0.3 is 0 Å². The summed E-state index contributed by atoms with van der Waals surface area (Å²) in [6, 6.07) is 8.14. The molecule has 0 fully saturated rings. The topological polar surface area (TPSA) is 59.8 Å². The number of benzene rings is 1. The Hall–Kier alpha value is -1.47. The number of aromatic nitrogens is 3. The van der Waals surface area contributed by atoms with Crippen molar-refractivity contribution in [2.24, 2.45) is 5.92 Å². The lowest BCUT2D eigenvalue weighted by molar-refractivity contribution is -0.118. The van der Waals surface area contributed by atoms with Crippen molar-refractivity contribution in [3.8, 4) is 0 Å². The van der Waals surface area contributed by atoms with Crippen LogP contribution in [0.1, 0.15) is 31.7 Å². The van der Waals surface area contributed by atoms with Crippen LogP contribution in [-0.2, 0) is 17.8 Å². The van der Waals surface area contributed by atoms with Gasteiger partial charge in [-0.05, 0) is 37.1 Å². The first kappa shape index (κ1) is 20.8. The summed E-state index contributed by atoms with van der Waals surface area (Å²) in [5.41, 5.74) is 1.21. The maximum Gasteiger partial charge on any atom is 0.230 e. The lowest BCUT2D eigenvalue weighted by atomic mass is 10.2. The molecule has 7 heteroatoms. The predicted octanol–water partition coefficient (Wildman–Crippen LogP) is 3.81. The highest BCUT2D eigenvalue weighted by Crippen LogP contribution is 2.21. The van der Waals surface area contributed by atoms with Gasteiger partial charge in [-0.1, -0.05) is 43.8 Å². The van der Waals surface area contributed by atoms with Gasteiger partial charge in [0, 0.05) is 24.4 Å².